The minimum atomic E-state index is -0.0492. The van der Waals surface area contributed by atoms with Gasteiger partial charge in [-0.25, -0.2) is 0 Å². The second-order valence-electron chi connectivity index (χ2n) is 3.89. The fraction of sp³-hybridized carbons (Fsp3) is 0.583. The molecule has 0 saturated heterocycles. The van der Waals surface area contributed by atoms with Crippen LogP contribution in [-0.4, -0.2) is 12.6 Å². The third-order valence-electron chi connectivity index (χ3n) is 2.32. The van der Waals surface area contributed by atoms with Crippen LogP contribution in [0.15, 0.2) is 23.8 Å². The Kier molecular flexibility index (Phi) is 4.44. The van der Waals surface area contributed by atoms with E-state index in [1.165, 1.54) is 5.57 Å². The SMILES string of the molecule is CC(C)=CCOC(=O)C1CC=CCC1. The number of esters is 1. The van der Waals surface area contributed by atoms with Gasteiger partial charge in [0.25, 0.3) is 0 Å². The summed E-state index contributed by atoms with van der Waals surface area (Å²) in [5.74, 6) is 0.0393. The van der Waals surface area contributed by atoms with Gasteiger partial charge in [0.2, 0.25) is 0 Å². The first kappa shape index (κ1) is 11.0. The molecular weight excluding hydrogens is 176 g/mol. The van der Waals surface area contributed by atoms with Gasteiger partial charge in [0.15, 0.2) is 0 Å². The largest absolute Gasteiger partial charge is 0.461 e. The lowest BCUT2D eigenvalue weighted by molar-refractivity contribution is -0.147. The predicted molar refractivity (Wildman–Crippen MR) is 56.9 cm³/mol. The Labute approximate surface area is 85.6 Å². The molecule has 78 valence electrons. The standard InChI is InChI=1S/C12H18O2/c1-10(2)8-9-14-12(13)11-6-4-3-5-7-11/h3-4,8,11H,5-7,9H2,1-2H3. The molecule has 1 aliphatic rings. The van der Waals surface area contributed by atoms with Gasteiger partial charge in [0.1, 0.15) is 6.61 Å². The maximum Gasteiger partial charge on any atom is 0.309 e. The zero-order chi connectivity index (χ0) is 10.4. The second-order valence-corrected chi connectivity index (χ2v) is 3.89. The van der Waals surface area contributed by atoms with Crippen molar-refractivity contribution in [2.75, 3.05) is 6.61 Å². The van der Waals surface area contributed by atoms with E-state index in [9.17, 15) is 4.79 Å². The van der Waals surface area contributed by atoms with Crippen LogP contribution in [0.4, 0.5) is 0 Å². The van der Waals surface area contributed by atoms with Gasteiger partial charge in [0.05, 0.1) is 5.92 Å². The average molecular weight is 194 g/mol. The Bertz CT molecular complexity index is 247. The maximum absolute atomic E-state index is 11.5. The zero-order valence-corrected chi connectivity index (χ0v) is 8.95. The molecule has 0 bridgehead atoms. The van der Waals surface area contributed by atoms with E-state index in [2.05, 4.69) is 12.2 Å². The molecule has 0 heterocycles. The summed E-state index contributed by atoms with van der Waals surface area (Å²) in [7, 11) is 0. The number of rotatable bonds is 3. The Hall–Kier alpha value is -1.05. The Morgan fingerprint density at radius 1 is 1.50 bits per heavy atom. The minimum absolute atomic E-state index is 0.0492. The van der Waals surface area contributed by atoms with Crippen molar-refractivity contribution in [2.45, 2.75) is 33.1 Å². The molecule has 0 aliphatic heterocycles. The minimum Gasteiger partial charge on any atom is -0.461 e. The summed E-state index contributed by atoms with van der Waals surface area (Å²) in [6, 6.07) is 0. The average Bonchev–Trinajstić information content (AvgIpc) is 2.18. The predicted octanol–water partition coefficient (Wildman–Crippen LogP) is 2.85. The summed E-state index contributed by atoms with van der Waals surface area (Å²) in [5.41, 5.74) is 1.18. The monoisotopic (exact) mass is 194 g/mol. The van der Waals surface area contributed by atoms with Crippen LogP contribution < -0.4 is 0 Å². The van der Waals surface area contributed by atoms with Crippen LogP contribution in [0.2, 0.25) is 0 Å². The maximum atomic E-state index is 11.5. The van der Waals surface area contributed by atoms with Crippen LogP contribution >= 0.6 is 0 Å². The molecule has 1 rings (SSSR count). The molecule has 1 unspecified atom stereocenters. The number of hydrogen-bond donors (Lipinski definition) is 0. The normalized spacial score (nSPS) is 20.3. The Morgan fingerprint density at radius 3 is 2.86 bits per heavy atom. The van der Waals surface area contributed by atoms with Crippen molar-refractivity contribution in [2.24, 2.45) is 5.92 Å². The fourth-order valence-corrected chi connectivity index (χ4v) is 1.42. The number of allylic oxidation sites excluding steroid dienone is 3. The molecule has 0 aromatic carbocycles. The number of carbonyl (C=O) groups excluding carboxylic acids is 1. The lowest BCUT2D eigenvalue weighted by atomic mass is 9.95. The Balaban J connectivity index is 2.27. The highest BCUT2D eigenvalue weighted by atomic mass is 16.5. The highest BCUT2D eigenvalue weighted by molar-refractivity contribution is 5.72. The van der Waals surface area contributed by atoms with Crippen LogP contribution in [0.1, 0.15) is 33.1 Å². The van der Waals surface area contributed by atoms with E-state index in [0.29, 0.717) is 6.61 Å². The van der Waals surface area contributed by atoms with Crippen LogP contribution in [0.5, 0.6) is 0 Å². The summed E-state index contributed by atoms with van der Waals surface area (Å²) in [5, 5.41) is 0. The first-order valence-corrected chi connectivity index (χ1v) is 5.15. The fourth-order valence-electron chi connectivity index (χ4n) is 1.42. The van der Waals surface area contributed by atoms with Crippen molar-refractivity contribution in [3.05, 3.63) is 23.8 Å². The summed E-state index contributed by atoms with van der Waals surface area (Å²) >= 11 is 0. The lowest BCUT2D eigenvalue weighted by Gasteiger charge is -2.15. The second kappa shape index (κ2) is 5.63. The molecule has 0 amide bonds. The highest BCUT2D eigenvalue weighted by Crippen LogP contribution is 2.19. The van der Waals surface area contributed by atoms with Gasteiger partial charge in [-0.15, -0.1) is 0 Å². The van der Waals surface area contributed by atoms with Gasteiger partial charge >= 0.3 is 5.97 Å². The van der Waals surface area contributed by atoms with E-state index in [-0.39, 0.29) is 11.9 Å². The van der Waals surface area contributed by atoms with E-state index in [1.807, 2.05) is 19.9 Å². The third kappa shape index (κ3) is 3.77. The molecule has 0 spiro atoms. The van der Waals surface area contributed by atoms with Gasteiger partial charge in [-0.05, 0) is 39.2 Å². The zero-order valence-electron chi connectivity index (χ0n) is 8.95. The van der Waals surface area contributed by atoms with Crippen molar-refractivity contribution < 1.29 is 9.53 Å². The van der Waals surface area contributed by atoms with Gasteiger partial charge in [0, 0.05) is 0 Å². The molecule has 0 fully saturated rings. The molecule has 0 aromatic heterocycles. The van der Waals surface area contributed by atoms with Gasteiger partial charge in [-0.2, -0.15) is 0 Å². The van der Waals surface area contributed by atoms with E-state index < -0.39 is 0 Å². The van der Waals surface area contributed by atoms with Crippen LogP contribution in [-0.2, 0) is 9.53 Å². The van der Waals surface area contributed by atoms with Crippen LogP contribution in [0.25, 0.3) is 0 Å². The highest BCUT2D eigenvalue weighted by Gasteiger charge is 2.19. The molecule has 2 heteroatoms. The summed E-state index contributed by atoms with van der Waals surface area (Å²) in [6.07, 6.45) is 8.90. The summed E-state index contributed by atoms with van der Waals surface area (Å²) < 4.78 is 5.14. The number of ether oxygens (including phenoxy) is 1. The van der Waals surface area contributed by atoms with Gasteiger partial charge in [-0.3, -0.25) is 4.79 Å². The molecule has 2 nitrogen and oxygen atoms in total. The van der Waals surface area contributed by atoms with Gasteiger partial charge in [-0.1, -0.05) is 17.7 Å². The van der Waals surface area contributed by atoms with Crippen LogP contribution in [0, 0.1) is 5.92 Å². The molecule has 0 aromatic rings. The van der Waals surface area contributed by atoms with Crippen molar-refractivity contribution in [1.82, 2.24) is 0 Å². The van der Waals surface area contributed by atoms with Crippen molar-refractivity contribution in [3.8, 4) is 0 Å². The van der Waals surface area contributed by atoms with E-state index in [4.69, 9.17) is 4.74 Å². The quantitative estimate of drug-likeness (QED) is 0.510. The molecule has 1 aliphatic carbocycles. The van der Waals surface area contributed by atoms with Crippen LogP contribution in [0.3, 0.4) is 0 Å². The van der Waals surface area contributed by atoms with E-state index in [1.54, 1.807) is 0 Å². The summed E-state index contributed by atoms with van der Waals surface area (Å²) in [6.45, 7) is 4.41. The van der Waals surface area contributed by atoms with Crippen molar-refractivity contribution in [1.29, 1.82) is 0 Å². The van der Waals surface area contributed by atoms with Crippen molar-refractivity contribution >= 4 is 5.97 Å². The molecule has 1 atom stereocenters. The third-order valence-corrected chi connectivity index (χ3v) is 2.32. The number of carbonyl (C=O) groups is 1. The molecule has 0 saturated carbocycles. The first-order valence-electron chi connectivity index (χ1n) is 5.15. The Morgan fingerprint density at radius 2 is 2.29 bits per heavy atom. The molecular formula is C12H18O2. The first-order chi connectivity index (χ1) is 6.70. The van der Waals surface area contributed by atoms with E-state index in [0.717, 1.165) is 19.3 Å². The molecule has 0 radical (unpaired) electrons. The number of hydrogen-bond acceptors (Lipinski definition) is 2. The summed E-state index contributed by atoms with van der Waals surface area (Å²) in [4.78, 5) is 11.5. The smallest absolute Gasteiger partial charge is 0.309 e. The van der Waals surface area contributed by atoms with Crippen molar-refractivity contribution in [3.63, 3.8) is 0 Å². The molecule has 0 N–H and O–H groups in total. The lowest BCUT2D eigenvalue weighted by Crippen LogP contribution is -2.18. The van der Waals surface area contributed by atoms with Gasteiger partial charge < -0.3 is 4.74 Å². The topological polar surface area (TPSA) is 26.3 Å². The van der Waals surface area contributed by atoms with E-state index >= 15 is 0 Å². The molecule has 14 heavy (non-hydrogen) atoms.